The number of hydrogen-bond donors (Lipinski definition) is 1. The maximum Gasteiger partial charge on any atom is 0.416 e. The van der Waals surface area contributed by atoms with E-state index in [1.165, 1.54) is 6.07 Å². The van der Waals surface area contributed by atoms with Crippen LogP contribution in [-0.4, -0.2) is 25.2 Å². The van der Waals surface area contributed by atoms with E-state index >= 15 is 0 Å². The predicted octanol–water partition coefficient (Wildman–Crippen LogP) is 3.62. The van der Waals surface area contributed by atoms with E-state index < -0.39 is 17.6 Å². The van der Waals surface area contributed by atoms with Crippen molar-refractivity contribution in [2.45, 2.75) is 26.1 Å². The number of nitrogens with one attached hydrogen (secondary N) is 1. The largest absolute Gasteiger partial charge is 0.416 e. The highest BCUT2D eigenvalue weighted by Crippen LogP contribution is 2.31. The van der Waals surface area contributed by atoms with E-state index in [9.17, 15) is 18.0 Å². The van der Waals surface area contributed by atoms with E-state index in [1.54, 1.807) is 0 Å². The fourth-order valence-corrected chi connectivity index (χ4v) is 1.86. The molecule has 20 heavy (non-hydrogen) atoms. The summed E-state index contributed by atoms with van der Waals surface area (Å²) < 4.78 is 43.3. The fourth-order valence-electron chi connectivity index (χ4n) is 1.43. The normalized spacial score (nSPS) is 11.8. The summed E-state index contributed by atoms with van der Waals surface area (Å²) >= 11 is 3.07. The lowest BCUT2D eigenvalue weighted by molar-refractivity contribution is -0.137. The van der Waals surface area contributed by atoms with Gasteiger partial charge >= 0.3 is 6.18 Å². The summed E-state index contributed by atoms with van der Waals surface area (Å²) in [4.78, 5) is 11.8. The molecule has 0 spiro atoms. The molecule has 0 radical (unpaired) electrons. The monoisotopic (exact) mass is 353 g/mol. The van der Waals surface area contributed by atoms with Gasteiger partial charge in [-0.1, -0.05) is 0 Å². The van der Waals surface area contributed by atoms with Crippen molar-refractivity contribution in [3.63, 3.8) is 0 Å². The second-order valence-electron chi connectivity index (χ2n) is 4.37. The van der Waals surface area contributed by atoms with Crippen molar-refractivity contribution < 1.29 is 22.7 Å². The minimum Gasteiger partial charge on any atom is -0.377 e. The van der Waals surface area contributed by atoms with Crippen LogP contribution in [0.25, 0.3) is 0 Å². The number of carbonyl (C=O) groups is 1. The molecular weight excluding hydrogens is 339 g/mol. The number of hydrogen-bond acceptors (Lipinski definition) is 2. The molecule has 1 aromatic carbocycles. The van der Waals surface area contributed by atoms with E-state index in [0.29, 0.717) is 11.1 Å². The third-order valence-electron chi connectivity index (χ3n) is 2.38. The molecule has 0 aromatic heterocycles. The molecule has 1 amide bonds. The van der Waals surface area contributed by atoms with E-state index in [4.69, 9.17) is 4.74 Å². The van der Waals surface area contributed by atoms with Crippen LogP contribution in [0.4, 0.5) is 13.2 Å². The summed E-state index contributed by atoms with van der Waals surface area (Å²) in [5, 5.41) is 2.51. The minimum atomic E-state index is -4.48. The van der Waals surface area contributed by atoms with Crippen LogP contribution in [0.15, 0.2) is 22.7 Å². The van der Waals surface area contributed by atoms with Crippen LogP contribution >= 0.6 is 15.9 Å². The van der Waals surface area contributed by atoms with Gasteiger partial charge in [-0.3, -0.25) is 4.79 Å². The van der Waals surface area contributed by atoms with Crippen molar-refractivity contribution in [3.8, 4) is 0 Å². The zero-order valence-corrected chi connectivity index (χ0v) is 12.6. The number of ether oxygens (including phenoxy) is 1. The van der Waals surface area contributed by atoms with Gasteiger partial charge in [-0.15, -0.1) is 0 Å². The van der Waals surface area contributed by atoms with E-state index in [1.807, 2.05) is 13.8 Å². The summed E-state index contributed by atoms with van der Waals surface area (Å²) in [6.45, 7) is 4.25. The maximum absolute atomic E-state index is 12.6. The van der Waals surface area contributed by atoms with Gasteiger partial charge in [0.15, 0.2) is 0 Å². The van der Waals surface area contributed by atoms with Crippen LogP contribution in [0.3, 0.4) is 0 Å². The Balaban J connectivity index is 2.72. The molecule has 3 nitrogen and oxygen atoms in total. The van der Waals surface area contributed by atoms with Crippen molar-refractivity contribution >= 4 is 21.8 Å². The van der Waals surface area contributed by atoms with Gasteiger partial charge in [-0.2, -0.15) is 13.2 Å². The first-order valence-corrected chi connectivity index (χ1v) is 6.77. The van der Waals surface area contributed by atoms with Crippen LogP contribution < -0.4 is 5.32 Å². The van der Waals surface area contributed by atoms with Crippen LogP contribution in [0.5, 0.6) is 0 Å². The van der Waals surface area contributed by atoms with Gasteiger partial charge in [0.05, 0.1) is 23.8 Å². The Morgan fingerprint density at radius 2 is 2.05 bits per heavy atom. The molecule has 0 atom stereocenters. The average molecular weight is 354 g/mol. The Kier molecular flexibility index (Phi) is 6.01. The quantitative estimate of drug-likeness (QED) is 0.821. The minimum absolute atomic E-state index is 0.0344. The van der Waals surface area contributed by atoms with Crippen LogP contribution in [0, 0.1) is 0 Å². The highest BCUT2D eigenvalue weighted by atomic mass is 79.9. The Bertz CT molecular complexity index is 475. The van der Waals surface area contributed by atoms with E-state index in [2.05, 4.69) is 21.2 Å². The fraction of sp³-hybridized carbons (Fsp3) is 0.462. The van der Waals surface area contributed by atoms with Crippen molar-refractivity contribution in [2.24, 2.45) is 0 Å². The third kappa shape index (κ3) is 5.13. The standard InChI is InChI=1S/C13H15BrF3NO2/c1-8(2)20-6-5-18-12(19)10-7-9(13(15,16)17)3-4-11(10)14/h3-4,7-8H,5-6H2,1-2H3,(H,18,19). The molecule has 0 aliphatic carbocycles. The van der Waals surface area contributed by atoms with Gasteiger partial charge in [-0.25, -0.2) is 0 Å². The molecule has 0 heterocycles. The zero-order chi connectivity index (χ0) is 15.3. The molecule has 112 valence electrons. The maximum atomic E-state index is 12.6. The molecule has 0 fully saturated rings. The summed E-state index contributed by atoms with van der Waals surface area (Å²) in [6.07, 6.45) is -4.44. The molecule has 1 rings (SSSR count). The van der Waals surface area contributed by atoms with Gasteiger partial charge in [0.2, 0.25) is 0 Å². The Morgan fingerprint density at radius 3 is 2.60 bits per heavy atom. The molecule has 7 heteroatoms. The molecule has 0 saturated heterocycles. The van der Waals surface area contributed by atoms with Gasteiger partial charge < -0.3 is 10.1 Å². The van der Waals surface area contributed by atoms with Crippen LogP contribution in [0.2, 0.25) is 0 Å². The highest BCUT2D eigenvalue weighted by molar-refractivity contribution is 9.10. The van der Waals surface area contributed by atoms with Crippen LogP contribution in [0.1, 0.15) is 29.8 Å². The zero-order valence-electron chi connectivity index (χ0n) is 11.1. The summed E-state index contributed by atoms with van der Waals surface area (Å²) in [6, 6.07) is 2.95. The number of carbonyl (C=O) groups excluding carboxylic acids is 1. The number of rotatable bonds is 5. The molecule has 0 aliphatic rings. The second-order valence-corrected chi connectivity index (χ2v) is 5.22. The van der Waals surface area contributed by atoms with Crippen molar-refractivity contribution in [2.75, 3.05) is 13.2 Å². The number of alkyl halides is 3. The number of benzene rings is 1. The van der Waals surface area contributed by atoms with E-state index in [0.717, 1.165) is 12.1 Å². The third-order valence-corrected chi connectivity index (χ3v) is 3.07. The van der Waals surface area contributed by atoms with Gasteiger partial charge in [0.25, 0.3) is 5.91 Å². The number of halogens is 4. The molecule has 0 bridgehead atoms. The van der Waals surface area contributed by atoms with Gasteiger partial charge in [-0.05, 0) is 48.0 Å². The van der Waals surface area contributed by atoms with Crippen molar-refractivity contribution in [3.05, 3.63) is 33.8 Å². The molecule has 0 unspecified atom stereocenters. The lowest BCUT2D eigenvalue weighted by atomic mass is 10.1. The van der Waals surface area contributed by atoms with E-state index in [-0.39, 0.29) is 18.2 Å². The average Bonchev–Trinajstić information content (AvgIpc) is 2.33. The Hall–Kier alpha value is -1.08. The first kappa shape index (κ1) is 17.0. The lowest BCUT2D eigenvalue weighted by Crippen LogP contribution is -2.28. The first-order valence-electron chi connectivity index (χ1n) is 5.98. The Morgan fingerprint density at radius 1 is 1.40 bits per heavy atom. The summed E-state index contributed by atoms with van der Waals surface area (Å²) in [7, 11) is 0. The van der Waals surface area contributed by atoms with Crippen molar-refractivity contribution in [1.29, 1.82) is 0 Å². The molecular formula is C13H15BrF3NO2. The van der Waals surface area contributed by atoms with Crippen LogP contribution in [-0.2, 0) is 10.9 Å². The predicted molar refractivity (Wildman–Crippen MR) is 72.6 cm³/mol. The smallest absolute Gasteiger partial charge is 0.377 e. The topological polar surface area (TPSA) is 38.3 Å². The SMILES string of the molecule is CC(C)OCCNC(=O)c1cc(C(F)(F)F)ccc1Br. The molecule has 1 N–H and O–H groups in total. The molecule has 0 aliphatic heterocycles. The number of amides is 1. The summed E-state index contributed by atoms with van der Waals surface area (Å²) in [5.74, 6) is -0.574. The summed E-state index contributed by atoms with van der Waals surface area (Å²) in [5.41, 5.74) is -0.909. The van der Waals surface area contributed by atoms with Crippen molar-refractivity contribution in [1.82, 2.24) is 5.32 Å². The lowest BCUT2D eigenvalue weighted by Gasteiger charge is -2.12. The molecule has 0 saturated carbocycles. The first-order chi connectivity index (χ1) is 9.21. The highest BCUT2D eigenvalue weighted by Gasteiger charge is 2.31. The molecule has 1 aromatic rings. The Labute approximate surface area is 123 Å². The second kappa shape index (κ2) is 7.08. The van der Waals surface area contributed by atoms with Gasteiger partial charge in [0.1, 0.15) is 0 Å². The van der Waals surface area contributed by atoms with Gasteiger partial charge in [0, 0.05) is 11.0 Å².